The molecular weight excluding hydrogens is 246 g/mol. The number of nitrogens with one attached hydrogen (secondary N) is 2. The molecule has 1 aliphatic heterocycles. The standard InChI is InChI=1S/C13H19N3OS/c17-13(15-7-10-6-14-8-18-10)12-5-9-3-1-2-4-11(9)16-12/h6,8-9,11-12,16H,1-5,7H2,(H,15,17). The van der Waals surface area contributed by atoms with Gasteiger partial charge in [0.2, 0.25) is 5.91 Å². The molecule has 2 N–H and O–H groups in total. The Labute approximate surface area is 111 Å². The van der Waals surface area contributed by atoms with E-state index in [9.17, 15) is 4.79 Å². The van der Waals surface area contributed by atoms with Crippen molar-refractivity contribution in [2.75, 3.05) is 0 Å². The van der Waals surface area contributed by atoms with E-state index in [0.717, 1.165) is 17.2 Å². The molecule has 2 aliphatic rings. The summed E-state index contributed by atoms with van der Waals surface area (Å²) < 4.78 is 0. The second-order valence-electron chi connectivity index (χ2n) is 5.29. The molecule has 0 spiro atoms. The monoisotopic (exact) mass is 265 g/mol. The van der Waals surface area contributed by atoms with Crippen LogP contribution in [0.25, 0.3) is 0 Å². The number of aromatic nitrogens is 1. The van der Waals surface area contributed by atoms with Gasteiger partial charge in [0.1, 0.15) is 0 Å². The molecule has 1 saturated heterocycles. The van der Waals surface area contributed by atoms with Crippen LogP contribution in [0.2, 0.25) is 0 Å². The van der Waals surface area contributed by atoms with Gasteiger partial charge >= 0.3 is 0 Å². The molecule has 0 aromatic carbocycles. The fourth-order valence-corrected chi connectivity index (χ4v) is 3.68. The van der Waals surface area contributed by atoms with Gasteiger partial charge in [0.15, 0.2) is 0 Å². The molecule has 18 heavy (non-hydrogen) atoms. The number of fused-ring (bicyclic) bond motifs is 1. The first-order valence-electron chi connectivity index (χ1n) is 6.74. The van der Waals surface area contributed by atoms with Crippen molar-refractivity contribution in [3.8, 4) is 0 Å². The van der Waals surface area contributed by atoms with Crippen LogP contribution in [0.4, 0.5) is 0 Å². The fraction of sp³-hybridized carbons (Fsp3) is 0.692. The van der Waals surface area contributed by atoms with Crippen molar-refractivity contribution in [1.29, 1.82) is 0 Å². The van der Waals surface area contributed by atoms with E-state index in [0.29, 0.717) is 12.6 Å². The molecule has 3 atom stereocenters. The molecule has 1 amide bonds. The van der Waals surface area contributed by atoms with Crippen molar-refractivity contribution in [3.63, 3.8) is 0 Å². The number of nitrogens with zero attached hydrogens (tertiary/aromatic N) is 1. The smallest absolute Gasteiger partial charge is 0.237 e. The highest BCUT2D eigenvalue weighted by Crippen LogP contribution is 2.33. The van der Waals surface area contributed by atoms with Gasteiger partial charge in [-0.1, -0.05) is 12.8 Å². The Balaban J connectivity index is 1.51. The van der Waals surface area contributed by atoms with Gasteiger partial charge in [-0.3, -0.25) is 9.78 Å². The third-order valence-electron chi connectivity index (χ3n) is 4.10. The maximum absolute atomic E-state index is 12.1. The first kappa shape index (κ1) is 12.1. The van der Waals surface area contributed by atoms with Gasteiger partial charge in [-0.05, 0) is 25.2 Å². The normalized spacial score (nSPS) is 31.0. The van der Waals surface area contributed by atoms with E-state index in [1.807, 2.05) is 6.20 Å². The van der Waals surface area contributed by atoms with Crippen LogP contribution in [0.3, 0.4) is 0 Å². The Kier molecular flexibility index (Phi) is 3.61. The molecule has 2 fully saturated rings. The van der Waals surface area contributed by atoms with Gasteiger partial charge in [-0.25, -0.2) is 0 Å². The van der Waals surface area contributed by atoms with Gasteiger partial charge in [0.25, 0.3) is 0 Å². The van der Waals surface area contributed by atoms with Crippen LogP contribution in [0.15, 0.2) is 11.7 Å². The number of thiazole rings is 1. The Morgan fingerprint density at radius 3 is 3.17 bits per heavy atom. The SMILES string of the molecule is O=C(NCc1cncs1)C1CC2CCCCC2N1. The van der Waals surface area contributed by atoms with Gasteiger partial charge in [-0.15, -0.1) is 11.3 Å². The largest absolute Gasteiger partial charge is 0.350 e. The summed E-state index contributed by atoms with van der Waals surface area (Å²) in [6.45, 7) is 0.608. The van der Waals surface area contributed by atoms with Gasteiger partial charge in [0, 0.05) is 17.1 Å². The molecule has 3 unspecified atom stereocenters. The zero-order valence-electron chi connectivity index (χ0n) is 10.4. The van der Waals surface area contributed by atoms with E-state index in [2.05, 4.69) is 15.6 Å². The second kappa shape index (κ2) is 5.36. The Morgan fingerprint density at radius 1 is 1.50 bits per heavy atom. The minimum atomic E-state index is 0.0195. The zero-order chi connectivity index (χ0) is 12.4. The Morgan fingerprint density at radius 2 is 2.39 bits per heavy atom. The fourth-order valence-electron chi connectivity index (χ4n) is 3.15. The van der Waals surface area contributed by atoms with E-state index in [-0.39, 0.29) is 11.9 Å². The molecule has 4 nitrogen and oxygen atoms in total. The molecule has 5 heteroatoms. The molecule has 2 heterocycles. The maximum Gasteiger partial charge on any atom is 0.237 e. The maximum atomic E-state index is 12.1. The summed E-state index contributed by atoms with van der Waals surface area (Å²) in [7, 11) is 0. The predicted octanol–water partition coefficient (Wildman–Crippen LogP) is 1.68. The third-order valence-corrected chi connectivity index (χ3v) is 4.88. The summed E-state index contributed by atoms with van der Waals surface area (Å²) in [5.41, 5.74) is 1.80. The summed E-state index contributed by atoms with van der Waals surface area (Å²) >= 11 is 1.58. The lowest BCUT2D eigenvalue weighted by Gasteiger charge is -2.24. The van der Waals surface area contributed by atoms with E-state index in [1.54, 1.807) is 16.8 Å². The molecule has 0 radical (unpaired) electrons. The molecule has 0 bridgehead atoms. The minimum Gasteiger partial charge on any atom is -0.350 e. The lowest BCUT2D eigenvalue weighted by atomic mass is 9.85. The van der Waals surface area contributed by atoms with Crippen LogP contribution >= 0.6 is 11.3 Å². The van der Waals surface area contributed by atoms with E-state index < -0.39 is 0 Å². The quantitative estimate of drug-likeness (QED) is 0.874. The summed E-state index contributed by atoms with van der Waals surface area (Å²) in [6.07, 6.45) is 7.99. The lowest BCUT2D eigenvalue weighted by molar-refractivity contribution is -0.123. The van der Waals surface area contributed by atoms with Gasteiger partial charge in [0.05, 0.1) is 18.1 Å². The number of hydrogen-bond donors (Lipinski definition) is 2. The molecule has 1 aromatic rings. The van der Waals surface area contributed by atoms with Crippen LogP contribution in [0.5, 0.6) is 0 Å². The minimum absolute atomic E-state index is 0.0195. The summed E-state index contributed by atoms with van der Waals surface area (Å²) in [4.78, 5) is 17.2. The lowest BCUT2D eigenvalue weighted by Crippen LogP contribution is -2.42. The van der Waals surface area contributed by atoms with Crippen molar-refractivity contribution in [2.24, 2.45) is 5.92 Å². The zero-order valence-corrected chi connectivity index (χ0v) is 11.2. The number of hydrogen-bond acceptors (Lipinski definition) is 4. The average Bonchev–Trinajstić information content (AvgIpc) is 3.04. The van der Waals surface area contributed by atoms with Gasteiger partial charge < -0.3 is 10.6 Å². The topological polar surface area (TPSA) is 54.0 Å². The molecule has 1 saturated carbocycles. The number of amides is 1. The van der Waals surface area contributed by atoms with E-state index >= 15 is 0 Å². The van der Waals surface area contributed by atoms with E-state index in [4.69, 9.17) is 0 Å². The van der Waals surface area contributed by atoms with Crippen molar-refractivity contribution in [3.05, 3.63) is 16.6 Å². The van der Waals surface area contributed by atoms with Crippen LogP contribution in [0, 0.1) is 5.92 Å². The Hall–Kier alpha value is -0.940. The predicted molar refractivity (Wildman–Crippen MR) is 71.2 cm³/mol. The van der Waals surface area contributed by atoms with Crippen molar-refractivity contribution >= 4 is 17.2 Å². The second-order valence-corrected chi connectivity index (χ2v) is 6.26. The molecule has 98 valence electrons. The molecule has 1 aromatic heterocycles. The number of carbonyl (C=O) groups excluding carboxylic acids is 1. The van der Waals surface area contributed by atoms with Crippen molar-refractivity contribution in [1.82, 2.24) is 15.6 Å². The number of rotatable bonds is 3. The van der Waals surface area contributed by atoms with Crippen molar-refractivity contribution < 1.29 is 4.79 Å². The van der Waals surface area contributed by atoms with Crippen LogP contribution in [-0.4, -0.2) is 23.0 Å². The Bertz CT molecular complexity index is 392. The molecular formula is C13H19N3OS. The highest BCUT2D eigenvalue weighted by atomic mass is 32.1. The highest BCUT2D eigenvalue weighted by Gasteiger charge is 2.37. The number of carbonyl (C=O) groups is 1. The van der Waals surface area contributed by atoms with Crippen molar-refractivity contribution in [2.45, 2.75) is 50.7 Å². The first-order valence-corrected chi connectivity index (χ1v) is 7.62. The third kappa shape index (κ3) is 2.57. The highest BCUT2D eigenvalue weighted by molar-refractivity contribution is 7.09. The molecule has 3 rings (SSSR count). The molecule has 1 aliphatic carbocycles. The van der Waals surface area contributed by atoms with Gasteiger partial charge in [-0.2, -0.15) is 0 Å². The summed E-state index contributed by atoms with van der Waals surface area (Å²) in [6, 6.07) is 0.601. The van der Waals surface area contributed by atoms with Crippen LogP contribution in [0.1, 0.15) is 37.0 Å². The van der Waals surface area contributed by atoms with E-state index in [1.165, 1.54) is 25.7 Å². The average molecular weight is 265 g/mol. The first-order chi connectivity index (χ1) is 8.83. The van der Waals surface area contributed by atoms with Crippen LogP contribution < -0.4 is 10.6 Å². The van der Waals surface area contributed by atoms with Crippen LogP contribution in [-0.2, 0) is 11.3 Å². The summed E-state index contributed by atoms with van der Waals surface area (Å²) in [5.74, 6) is 0.871. The summed E-state index contributed by atoms with van der Waals surface area (Å²) in [5, 5.41) is 6.50.